The standard InChI is InChI=1S/C11H18ClNO/c1-8(12)5-13-6-9-2-3-11(14)4-10(9)7-13/h9-11,14H,1-7H2. The molecule has 1 N–H and O–H groups in total. The van der Waals surface area contributed by atoms with Crippen LogP contribution >= 0.6 is 11.6 Å². The van der Waals surface area contributed by atoms with Crippen LogP contribution in [-0.4, -0.2) is 35.7 Å². The van der Waals surface area contributed by atoms with Crippen molar-refractivity contribution >= 4 is 11.6 Å². The number of rotatable bonds is 2. The summed E-state index contributed by atoms with van der Waals surface area (Å²) in [5.41, 5.74) is 0. The fourth-order valence-electron chi connectivity index (χ4n) is 2.88. The molecule has 2 aliphatic rings. The number of hydrogen-bond acceptors (Lipinski definition) is 2. The Kier molecular flexibility index (Phi) is 3.15. The van der Waals surface area contributed by atoms with Gasteiger partial charge in [0.1, 0.15) is 0 Å². The molecule has 2 nitrogen and oxygen atoms in total. The van der Waals surface area contributed by atoms with Crippen molar-refractivity contribution in [2.45, 2.75) is 25.4 Å². The van der Waals surface area contributed by atoms with Crippen molar-refractivity contribution < 1.29 is 5.11 Å². The molecule has 1 saturated carbocycles. The second kappa shape index (κ2) is 4.21. The van der Waals surface area contributed by atoms with E-state index in [4.69, 9.17) is 11.6 Å². The molecule has 0 spiro atoms. The highest BCUT2D eigenvalue weighted by atomic mass is 35.5. The van der Waals surface area contributed by atoms with E-state index < -0.39 is 0 Å². The van der Waals surface area contributed by atoms with Crippen molar-refractivity contribution in [1.29, 1.82) is 0 Å². The van der Waals surface area contributed by atoms with Gasteiger partial charge in [0.05, 0.1) is 6.10 Å². The topological polar surface area (TPSA) is 23.5 Å². The highest BCUT2D eigenvalue weighted by Gasteiger charge is 2.36. The maximum atomic E-state index is 9.56. The zero-order chi connectivity index (χ0) is 10.1. The number of fused-ring (bicyclic) bond motifs is 1. The summed E-state index contributed by atoms with van der Waals surface area (Å²) in [4.78, 5) is 2.36. The first kappa shape index (κ1) is 10.5. The number of nitrogens with zero attached hydrogens (tertiary/aromatic N) is 1. The van der Waals surface area contributed by atoms with Crippen molar-refractivity contribution in [2.75, 3.05) is 19.6 Å². The molecular formula is C11H18ClNO. The van der Waals surface area contributed by atoms with E-state index in [1.807, 2.05) is 0 Å². The molecule has 0 aromatic heterocycles. The third kappa shape index (κ3) is 2.30. The van der Waals surface area contributed by atoms with E-state index in [1.165, 1.54) is 6.42 Å². The molecule has 0 radical (unpaired) electrons. The first-order chi connectivity index (χ1) is 6.65. The summed E-state index contributed by atoms with van der Waals surface area (Å²) in [5.74, 6) is 1.48. The summed E-state index contributed by atoms with van der Waals surface area (Å²) in [6.07, 6.45) is 3.08. The van der Waals surface area contributed by atoms with E-state index in [0.29, 0.717) is 5.92 Å². The molecule has 1 heterocycles. The van der Waals surface area contributed by atoms with Crippen LogP contribution in [0, 0.1) is 11.8 Å². The van der Waals surface area contributed by atoms with Crippen molar-refractivity contribution in [3.63, 3.8) is 0 Å². The van der Waals surface area contributed by atoms with Crippen LogP contribution in [0.4, 0.5) is 0 Å². The number of aliphatic hydroxyl groups is 1. The Morgan fingerprint density at radius 3 is 2.79 bits per heavy atom. The van der Waals surface area contributed by atoms with Crippen LogP contribution in [0.3, 0.4) is 0 Å². The van der Waals surface area contributed by atoms with Crippen LogP contribution in [0.25, 0.3) is 0 Å². The predicted octanol–water partition coefficient (Wildman–Crippen LogP) is 1.83. The molecular weight excluding hydrogens is 198 g/mol. The number of aliphatic hydroxyl groups excluding tert-OH is 1. The average Bonchev–Trinajstić information content (AvgIpc) is 2.44. The Bertz CT molecular complexity index is 231. The van der Waals surface area contributed by atoms with E-state index in [-0.39, 0.29) is 6.10 Å². The molecule has 1 aliphatic carbocycles. The molecule has 2 fully saturated rings. The van der Waals surface area contributed by atoms with E-state index in [9.17, 15) is 5.11 Å². The van der Waals surface area contributed by atoms with E-state index in [0.717, 1.165) is 43.4 Å². The molecule has 80 valence electrons. The van der Waals surface area contributed by atoms with Gasteiger partial charge in [-0.3, -0.25) is 4.90 Å². The van der Waals surface area contributed by atoms with Gasteiger partial charge < -0.3 is 5.11 Å². The second-order valence-corrected chi connectivity index (χ2v) is 5.23. The lowest BCUT2D eigenvalue weighted by Crippen LogP contribution is -2.26. The van der Waals surface area contributed by atoms with Crippen LogP contribution in [0.15, 0.2) is 11.6 Å². The van der Waals surface area contributed by atoms with Gasteiger partial charge in [0.25, 0.3) is 0 Å². The van der Waals surface area contributed by atoms with Crippen molar-refractivity contribution in [2.24, 2.45) is 11.8 Å². The van der Waals surface area contributed by atoms with Gasteiger partial charge >= 0.3 is 0 Å². The summed E-state index contributed by atoms with van der Waals surface area (Å²) in [6, 6.07) is 0. The summed E-state index contributed by atoms with van der Waals surface area (Å²) < 4.78 is 0. The van der Waals surface area contributed by atoms with Gasteiger partial charge in [-0.2, -0.15) is 0 Å². The maximum Gasteiger partial charge on any atom is 0.0543 e. The van der Waals surface area contributed by atoms with Gasteiger partial charge in [-0.25, -0.2) is 0 Å². The first-order valence-electron chi connectivity index (χ1n) is 5.39. The minimum Gasteiger partial charge on any atom is -0.393 e. The summed E-state index contributed by atoms with van der Waals surface area (Å²) in [5, 5.41) is 10.3. The van der Waals surface area contributed by atoms with Crippen LogP contribution in [0.5, 0.6) is 0 Å². The quantitative estimate of drug-likeness (QED) is 0.760. The Hall–Kier alpha value is -0.0500. The fraction of sp³-hybridized carbons (Fsp3) is 0.818. The highest BCUT2D eigenvalue weighted by Crippen LogP contribution is 2.36. The largest absolute Gasteiger partial charge is 0.393 e. The Balaban J connectivity index is 1.89. The fourth-order valence-corrected chi connectivity index (χ4v) is 3.04. The smallest absolute Gasteiger partial charge is 0.0543 e. The van der Waals surface area contributed by atoms with Gasteiger partial charge in [0.15, 0.2) is 0 Å². The van der Waals surface area contributed by atoms with E-state index >= 15 is 0 Å². The summed E-state index contributed by atoms with van der Waals surface area (Å²) >= 11 is 5.80. The molecule has 0 aromatic carbocycles. The molecule has 3 heteroatoms. The van der Waals surface area contributed by atoms with Crippen LogP contribution in [0.2, 0.25) is 0 Å². The van der Waals surface area contributed by atoms with E-state index in [2.05, 4.69) is 11.5 Å². The van der Waals surface area contributed by atoms with Crippen molar-refractivity contribution in [3.05, 3.63) is 11.6 Å². The number of hydrogen-bond donors (Lipinski definition) is 1. The first-order valence-corrected chi connectivity index (χ1v) is 5.76. The highest BCUT2D eigenvalue weighted by molar-refractivity contribution is 6.29. The minimum absolute atomic E-state index is 0.0598. The molecule has 14 heavy (non-hydrogen) atoms. The van der Waals surface area contributed by atoms with Gasteiger partial charge in [-0.05, 0) is 31.1 Å². The lowest BCUT2D eigenvalue weighted by atomic mass is 9.80. The van der Waals surface area contributed by atoms with Crippen molar-refractivity contribution in [1.82, 2.24) is 4.90 Å². The number of halogens is 1. The summed E-state index contributed by atoms with van der Waals surface area (Å²) in [6.45, 7) is 6.77. The summed E-state index contributed by atoms with van der Waals surface area (Å²) in [7, 11) is 0. The van der Waals surface area contributed by atoms with Crippen LogP contribution in [0.1, 0.15) is 19.3 Å². The Morgan fingerprint density at radius 1 is 1.36 bits per heavy atom. The zero-order valence-electron chi connectivity index (χ0n) is 8.45. The van der Waals surface area contributed by atoms with Gasteiger partial charge in [-0.15, -0.1) is 0 Å². The Morgan fingerprint density at radius 2 is 2.07 bits per heavy atom. The molecule has 0 bridgehead atoms. The molecule has 3 unspecified atom stereocenters. The lowest BCUT2D eigenvalue weighted by molar-refractivity contribution is 0.0866. The maximum absolute atomic E-state index is 9.56. The molecule has 2 rings (SSSR count). The lowest BCUT2D eigenvalue weighted by Gasteiger charge is -2.27. The molecule has 0 amide bonds. The SMILES string of the molecule is C=C(Cl)CN1CC2CCC(O)CC2C1. The monoisotopic (exact) mass is 215 g/mol. The second-order valence-electron chi connectivity index (χ2n) is 4.70. The van der Waals surface area contributed by atoms with Crippen molar-refractivity contribution in [3.8, 4) is 0 Å². The van der Waals surface area contributed by atoms with Gasteiger partial charge in [-0.1, -0.05) is 18.2 Å². The average molecular weight is 216 g/mol. The van der Waals surface area contributed by atoms with Crippen LogP contribution < -0.4 is 0 Å². The third-order valence-electron chi connectivity index (χ3n) is 3.49. The third-order valence-corrected chi connectivity index (χ3v) is 3.61. The predicted molar refractivity (Wildman–Crippen MR) is 58.3 cm³/mol. The van der Waals surface area contributed by atoms with Crippen LogP contribution in [-0.2, 0) is 0 Å². The molecule has 1 saturated heterocycles. The van der Waals surface area contributed by atoms with E-state index in [1.54, 1.807) is 0 Å². The normalized spacial score (nSPS) is 38.3. The molecule has 0 aromatic rings. The Labute approximate surface area is 90.5 Å². The zero-order valence-corrected chi connectivity index (χ0v) is 9.21. The molecule has 3 atom stereocenters. The number of likely N-dealkylation sites (tertiary alicyclic amines) is 1. The van der Waals surface area contributed by atoms with Gasteiger partial charge in [0.2, 0.25) is 0 Å². The molecule has 1 aliphatic heterocycles. The minimum atomic E-state index is -0.0598. The van der Waals surface area contributed by atoms with Gasteiger partial charge in [0, 0.05) is 24.7 Å².